The lowest BCUT2D eigenvalue weighted by Crippen LogP contribution is -2.23. The molecule has 1 rings (SSSR count). The number of hydrogen-bond acceptors (Lipinski definition) is 3. The lowest BCUT2D eigenvalue weighted by molar-refractivity contribution is -0.137. The number of hydrogen-bond donors (Lipinski definition) is 3. The van der Waals surface area contributed by atoms with Crippen molar-refractivity contribution in [3.63, 3.8) is 0 Å². The molecule has 1 amide bonds. The molecule has 0 aromatic heterocycles. The van der Waals surface area contributed by atoms with E-state index >= 15 is 0 Å². The van der Waals surface area contributed by atoms with Gasteiger partial charge in [0.1, 0.15) is 0 Å². The summed E-state index contributed by atoms with van der Waals surface area (Å²) in [6.45, 7) is 1.84. The summed E-state index contributed by atoms with van der Waals surface area (Å²) in [5.41, 5.74) is 3.40. The summed E-state index contributed by atoms with van der Waals surface area (Å²) >= 11 is 0. The molecular formula is C13H15F3N2O3. The first-order chi connectivity index (χ1) is 9.65. The lowest BCUT2D eigenvalue weighted by Gasteiger charge is -2.14. The first kappa shape index (κ1) is 17.0. The third kappa shape index (κ3) is 4.75. The highest BCUT2D eigenvalue weighted by molar-refractivity contribution is 5.95. The number of carbonyl (C=O) groups excluding carboxylic acids is 1. The predicted molar refractivity (Wildman–Crippen MR) is 69.9 cm³/mol. The van der Waals surface area contributed by atoms with Gasteiger partial charge >= 0.3 is 12.1 Å². The van der Waals surface area contributed by atoms with Crippen molar-refractivity contribution in [2.45, 2.75) is 19.5 Å². The molecule has 1 unspecified atom stereocenters. The molecular weight excluding hydrogens is 289 g/mol. The van der Waals surface area contributed by atoms with E-state index in [1.165, 1.54) is 0 Å². The van der Waals surface area contributed by atoms with E-state index in [0.29, 0.717) is 18.6 Å². The van der Waals surface area contributed by atoms with Crippen molar-refractivity contribution in [3.05, 3.63) is 29.3 Å². The summed E-state index contributed by atoms with van der Waals surface area (Å²) in [6, 6.07) is 2.19. The average Bonchev–Trinajstić information content (AvgIpc) is 2.37. The molecule has 1 aromatic rings. The Kier molecular flexibility index (Phi) is 5.31. The smallest absolute Gasteiger partial charge is 0.416 e. The molecule has 0 aliphatic carbocycles. The third-order valence-electron chi connectivity index (χ3n) is 2.82. The van der Waals surface area contributed by atoms with Gasteiger partial charge in [0, 0.05) is 11.6 Å². The number of carbonyl (C=O) groups is 2. The minimum Gasteiger partial charge on any atom is -0.478 e. The Balaban J connectivity index is 3.09. The molecule has 0 fully saturated rings. The Morgan fingerprint density at radius 1 is 1.33 bits per heavy atom. The summed E-state index contributed by atoms with van der Waals surface area (Å²) in [7, 11) is 0. The van der Waals surface area contributed by atoms with E-state index in [-0.39, 0.29) is 12.2 Å². The monoisotopic (exact) mass is 304 g/mol. The molecule has 0 aliphatic heterocycles. The van der Waals surface area contributed by atoms with Gasteiger partial charge < -0.3 is 16.2 Å². The Labute approximate surface area is 118 Å². The van der Waals surface area contributed by atoms with Crippen molar-refractivity contribution in [2.24, 2.45) is 11.7 Å². The van der Waals surface area contributed by atoms with Crippen LogP contribution in [-0.2, 0) is 11.0 Å². The summed E-state index contributed by atoms with van der Waals surface area (Å²) in [5, 5.41) is 11.1. The van der Waals surface area contributed by atoms with E-state index in [2.05, 4.69) is 5.32 Å². The van der Waals surface area contributed by atoms with Crippen LogP contribution in [-0.4, -0.2) is 23.5 Å². The second-order valence-corrected chi connectivity index (χ2v) is 4.57. The number of carboxylic acids is 1. The van der Waals surface area contributed by atoms with E-state index in [4.69, 9.17) is 10.8 Å². The molecule has 0 aliphatic rings. The molecule has 0 spiro atoms. The van der Waals surface area contributed by atoms with Gasteiger partial charge in [-0.1, -0.05) is 6.92 Å². The van der Waals surface area contributed by atoms with Crippen LogP contribution in [0, 0.1) is 5.92 Å². The number of halogens is 3. The van der Waals surface area contributed by atoms with Gasteiger partial charge in [0.2, 0.25) is 5.91 Å². The van der Waals surface area contributed by atoms with Crippen LogP contribution in [0.3, 0.4) is 0 Å². The topological polar surface area (TPSA) is 92.4 Å². The maximum atomic E-state index is 12.7. The number of anilines is 1. The molecule has 1 aromatic carbocycles. The number of benzene rings is 1. The second kappa shape index (κ2) is 6.57. The SMILES string of the molecule is CC(CCN)C(=O)Nc1cc(C(=O)O)cc(C(F)(F)F)c1. The zero-order chi connectivity index (χ0) is 16.2. The second-order valence-electron chi connectivity index (χ2n) is 4.57. The lowest BCUT2D eigenvalue weighted by atomic mass is 10.1. The van der Waals surface area contributed by atoms with Crippen LogP contribution in [0.15, 0.2) is 18.2 Å². The maximum absolute atomic E-state index is 12.7. The van der Waals surface area contributed by atoms with Crippen LogP contribution >= 0.6 is 0 Å². The van der Waals surface area contributed by atoms with Crippen LogP contribution in [0.4, 0.5) is 18.9 Å². The third-order valence-corrected chi connectivity index (χ3v) is 2.82. The molecule has 4 N–H and O–H groups in total. The van der Waals surface area contributed by atoms with Crippen molar-refractivity contribution in [2.75, 3.05) is 11.9 Å². The van der Waals surface area contributed by atoms with Gasteiger partial charge in [-0.05, 0) is 31.2 Å². The molecule has 116 valence electrons. The Hall–Kier alpha value is -2.09. The number of rotatable bonds is 5. The van der Waals surface area contributed by atoms with E-state index < -0.39 is 35.1 Å². The molecule has 1 atom stereocenters. The van der Waals surface area contributed by atoms with Crippen LogP contribution in [0.5, 0.6) is 0 Å². The number of amides is 1. The molecule has 0 heterocycles. The number of alkyl halides is 3. The fourth-order valence-corrected chi connectivity index (χ4v) is 1.63. The van der Waals surface area contributed by atoms with Gasteiger partial charge in [0.05, 0.1) is 11.1 Å². The van der Waals surface area contributed by atoms with Crippen molar-refractivity contribution in [1.82, 2.24) is 0 Å². The standard InChI is InChI=1S/C13H15F3N2O3/c1-7(2-3-17)11(19)18-10-5-8(12(20)21)4-9(6-10)13(14,15)16/h4-7H,2-3,17H2,1H3,(H,18,19)(H,20,21). The minimum absolute atomic E-state index is 0.212. The number of nitrogens with two attached hydrogens (primary N) is 1. The molecule has 0 bridgehead atoms. The van der Waals surface area contributed by atoms with Crippen LogP contribution < -0.4 is 11.1 Å². The molecule has 21 heavy (non-hydrogen) atoms. The van der Waals surface area contributed by atoms with Crippen molar-refractivity contribution in [3.8, 4) is 0 Å². The van der Waals surface area contributed by atoms with Gasteiger partial charge in [0.15, 0.2) is 0 Å². The largest absolute Gasteiger partial charge is 0.478 e. The quantitative estimate of drug-likeness (QED) is 0.778. The number of nitrogens with one attached hydrogen (secondary N) is 1. The Morgan fingerprint density at radius 3 is 2.43 bits per heavy atom. The van der Waals surface area contributed by atoms with E-state index in [1.807, 2.05) is 0 Å². The zero-order valence-corrected chi connectivity index (χ0v) is 11.2. The van der Waals surface area contributed by atoms with Gasteiger partial charge in [-0.2, -0.15) is 13.2 Å². The van der Waals surface area contributed by atoms with Crippen LogP contribution in [0.1, 0.15) is 29.3 Å². The number of aromatic carboxylic acids is 1. The van der Waals surface area contributed by atoms with Gasteiger partial charge in [0.25, 0.3) is 0 Å². The number of carboxylic acid groups (broad SMARTS) is 1. The van der Waals surface area contributed by atoms with Crippen molar-refractivity contribution in [1.29, 1.82) is 0 Å². The predicted octanol–water partition coefficient (Wildman–Crippen LogP) is 2.33. The molecule has 0 radical (unpaired) electrons. The Morgan fingerprint density at radius 2 is 1.95 bits per heavy atom. The van der Waals surface area contributed by atoms with Crippen molar-refractivity contribution >= 4 is 17.6 Å². The highest BCUT2D eigenvalue weighted by atomic mass is 19.4. The van der Waals surface area contributed by atoms with E-state index in [9.17, 15) is 22.8 Å². The zero-order valence-electron chi connectivity index (χ0n) is 11.2. The summed E-state index contributed by atoms with van der Waals surface area (Å²) in [4.78, 5) is 22.6. The molecule has 5 nitrogen and oxygen atoms in total. The van der Waals surface area contributed by atoms with Crippen molar-refractivity contribution < 1.29 is 27.9 Å². The Bertz CT molecular complexity index is 544. The summed E-state index contributed by atoms with van der Waals surface area (Å²) in [6.07, 6.45) is -4.33. The van der Waals surface area contributed by atoms with E-state index in [0.717, 1.165) is 6.07 Å². The van der Waals surface area contributed by atoms with E-state index in [1.54, 1.807) is 6.92 Å². The summed E-state index contributed by atoms with van der Waals surface area (Å²) in [5.74, 6) is -2.51. The minimum atomic E-state index is -4.70. The van der Waals surface area contributed by atoms with Crippen LogP contribution in [0.25, 0.3) is 0 Å². The van der Waals surface area contributed by atoms with Gasteiger partial charge in [-0.3, -0.25) is 4.79 Å². The van der Waals surface area contributed by atoms with Gasteiger partial charge in [-0.15, -0.1) is 0 Å². The maximum Gasteiger partial charge on any atom is 0.416 e. The average molecular weight is 304 g/mol. The molecule has 0 saturated carbocycles. The fraction of sp³-hybridized carbons (Fsp3) is 0.385. The highest BCUT2D eigenvalue weighted by Gasteiger charge is 2.32. The first-order valence-electron chi connectivity index (χ1n) is 6.11. The van der Waals surface area contributed by atoms with Gasteiger partial charge in [-0.25, -0.2) is 4.79 Å². The molecule has 0 saturated heterocycles. The first-order valence-corrected chi connectivity index (χ1v) is 6.11. The van der Waals surface area contributed by atoms with Crippen LogP contribution in [0.2, 0.25) is 0 Å². The fourth-order valence-electron chi connectivity index (χ4n) is 1.63. The normalized spacial score (nSPS) is 12.8. The summed E-state index contributed by atoms with van der Waals surface area (Å²) < 4.78 is 38.1. The molecule has 8 heteroatoms. The highest BCUT2D eigenvalue weighted by Crippen LogP contribution is 2.32.